The normalized spacial score (nSPS) is 13.6. The predicted molar refractivity (Wildman–Crippen MR) is 129 cm³/mol. The van der Waals surface area contributed by atoms with Gasteiger partial charge in [-0.25, -0.2) is 4.79 Å². The average molecular weight is 438 g/mol. The molecule has 1 aliphatic carbocycles. The van der Waals surface area contributed by atoms with E-state index in [1.54, 1.807) is 0 Å². The maximum absolute atomic E-state index is 11.6. The van der Waals surface area contributed by atoms with Gasteiger partial charge in [0.05, 0.1) is 33.7 Å². The number of hydrogen-bond donors (Lipinski definition) is 2. The number of aromatic carboxylic acids is 1. The first-order valence-electron chi connectivity index (χ1n) is 11.0. The SMILES string of the molecule is CN(c1cccc(C2CC2)c1)c1cccc2c(-c3cc4nccc(C(=O)O)c4[nH]3)n(C)nc12. The van der Waals surface area contributed by atoms with Gasteiger partial charge in [0.2, 0.25) is 0 Å². The largest absolute Gasteiger partial charge is 0.478 e. The van der Waals surface area contributed by atoms with E-state index in [9.17, 15) is 9.90 Å². The lowest BCUT2D eigenvalue weighted by Gasteiger charge is -2.20. The molecule has 1 aliphatic rings. The molecule has 2 N–H and O–H groups in total. The number of nitrogens with one attached hydrogen (secondary N) is 1. The highest BCUT2D eigenvalue weighted by Crippen LogP contribution is 2.42. The zero-order valence-corrected chi connectivity index (χ0v) is 18.4. The first-order valence-corrected chi connectivity index (χ1v) is 11.0. The zero-order chi connectivity index (χ0) is 22.7. The van der Waals surface area contributed by atoms with Gasteiger partial charge in [-0.1, -0.05) is 24.3 Å². The third-order valence-corrected chi connectivity index (χ3v) is 6.52. The second kappa shape index (κ2) is 7.20. The van der Waals surface area contributed by atoms with E-state index in [0.717, 1.165) is 33.7 Å². The van der Waals surface area contributed by atoms with Crippen LogP contribution in [0.3, 0.4) is 0 Å². The van der Waals surface area contributed by atoms with Crippen molar-refractivity contribution in [3.05, 3.63) is 71.9 Å². The van der Waals surface area contributed by atoms with Crippen LogP contribution in [0.5, 0.6) is 0 Å². The molecule has 3 heterocycles. The number of hydrogen-bond acceptors (Lipinski definition) is 4. The molecule has 1 saturated carbocycles. The van der Waals surface area contributed by atoms with Gasteiger partial charge in [0.1, 0.15) is 5.52 Å². The molecule has 7 heteroatoms. The fourth-order valence-corrected chi connectivity index (χ4v) is 4.67. The Morgan fingerprint density at radius 2 is 1.97 bits per heavy atom. The van der Waals surface area contributed by atoms with E-state index < -0.39 is 5.97 Å². The summed E-state index contributed by atoms with van der Waals surface area (Å²) in [5, 5.41) is 15.4. The molecular formula is C26H23N5O2. The van der Waals surface area contributed by atoms with Crippen molar-refractivity contribution in [1.82, 2.24) is 19.7 Å². The standard InChI is InChI=1S/C26H23N5O2/c1-30(17-6-3-5-16(13-17)15-9-10-15)22-8-4-7-18-24(22)29-31(2)25(18)21-14-20-23(28-21)19(26(32)33)11-12-27-20/h3-8,11-15,28H,9-10H2,1-2H3,(H,32,33). The molecule has 0 saturated heterocycles. The molecule has 0 radical (unpaired) electrons. The van der Waals surface area contributed by atoms with Crippen LogP contribution in [0, 0.1) is 0 Å². The summed E-state index contributed by atoms with van der Waals surface area (Å²) in [6.07, 6.45) is 4.07. The van der Waals surface area contributed by atoms with Gasteiger partial charge in [-0.2, -0.15) is 5.10 Å². The van der Waals surface area contributed by atoms with Crippen molar-refractivity contribution in [2.45, 2.75) is 18.8 Å². The van der Waals surface area contributed by atoms with E-state index in [4.69, 9.17) is 5.10 Å². The number of aromatic amines is 1. The van der Waals surface area contributed by atoms with Crippen molar-refractivity contribution in [2.24, 2.45) is 7.05 Å². The van der Waals surface area contributed by atoms with Crippen LogP contribution in [0.4, 0.5) is 11.4 Å². The molecule has 0 unspecified atom stereocenters. The van der Waals surface area contributed by atoms with Crippen LogP contribution in [0.1, 0.15) is 34.7 Å². The Morgan fingerprint density at radius 1 is 1.15 bits per heavy atom. The smallest absolute Gasteiger partial charge is 0.337 e. The van der Waals surface area contributed by atoms with Gasteiger partial charge in [-0.05, 0) is 54.7 Å². The van der Waals surface area contributed by atoms with E-state index in [0.29, 0.717) is 17.0 Å². The molecule has 0 spiro atoms. The lowest BCUT2D eigenvalue weighted by molar-refractivity contribution is 0.0698. The number of rotatable bonds is 5. The highest BCUT2D eigenvalue weighted by atomic mass is 16.4. The molecule has 0 atom stereocenters. The van der Waals surface area contributed by atoms with Crippen LogP contribution < -0.4 is 4.90 Å². The monoisotopic (exact) mass is 437 g/mol. The van der Waals surface area contributed by atoms with Crippen molar-refractivity contribution >= 4 is 39.3 Å². The van der Waals surface area contributed by atoms with Crippen LogP contribution in [-0.2, 0) is 7.05 Å². The summed E-state index contributed by atoms with van der Waals surface area (Å²) in [4.78, 5) is 21.4. The van der Waals surface area contributed by atoms with Crippen molar-refractivity contribution < 1.29 is 9.90 Å². The molecule has 0 aliphatic heterocycles. The number of aryl methyl sites for hydroxylation is 1. The first kappa shape index (κ1) is 19.5. The quantitative estimate of drug-likeness (QED) is 0.381. The number of aromatic nitrogens is 4. The summed E-state index contributed by atoms with van der Waals surface area (Å²) in [5.41, 5.74) is 7.45. The number of fused-ring (bicyclic) bond motifs is 2. The van der Waals surface area contributed by atoms with E-state index in [1.165, 1.54) is 30.7 Å². The second-order valence-corrected chi connectivity index (χ2v) is 8.68. The topological polar surface area (TPSA) is 87.0 Å². The average Bonchev–Trinajstić information content (AvgIpc) is 3.49. The molecule has 3 aromatic heterocycles. The van der Waals surface area contributed by atoms with Crippen LogP contribution in [0.25, 0.3) is 33.3 Å². The van der Waals surface area contributed by atoms with E-state index >= 15 is 0 Å². The molecule has 5 aromatic rings. The minimum absolute atomic E-state index is 0.202. The number of carbonyl (C=O) groups is 1. The van der Waals surface area contributed by atoms with Crippen molar-refractivity contribution in [3.8, 4) is 11.4 Å². The number of H-pyrrole nitrogens is 1. The molecule has 2 aromatic carbocycles. The lowest BCUT2D eigenvalue weighted by Crippen LogP contribution is -2.10. The third kappa shape index (κ3) is 3.16. The fraction of sp³-hybridized carbons (Fsp3) is 0.192. The third-order valence-electron chi connectivity index (χ3n) is 6.52. The highest BCUT2D eigenvalue weighted by Gasteiger charge is 2.24. The van der Waals surface area contributed by atoms with Gasteiger partial charge < -0.3 is 15.0 Å². The van der Waals surface area contributed by atoms with Crippen molar-refractivity contribution in [1.29, 1.82) is 0 Å². The molecule has 0 amide bonds. The Labute approximate surface area is 190 Å². The summed E-state index contributed by atoms with van der Waals surface area (Å²) in [6, 6.07) is 18.3. The Balaban J connectivity index is 1.48. The molecular weight excluding hydrogens is 414 g/mol. The number of benzene rings is 2. The van der Waals surface area contributed by atoms with Crippen LogP contribution in [0.2, 0.25) is 0 Å². The zero-order valence-electron chi connectivity index (χ0n) is 18.4. The fourth-order valence-electron chi connectivity index (χ4n) is 4.67. The number of nitrogens with zero attached hydrogens (tertiary/aromatic N) is 4. The minimum Gasteiger partial charge on any atom is -0.478 e. The summed E-state index contributed by atoms with van der Waals surface area (Å²) in [6.45, 7) is 0. The van der Waals surface area contributed by atoms with Gasteiger partial charge >= 0.3 is 5.97 Å². The summed E-state index contributed by atoms with van der Waals surface area (Å²) in [7, 11) is 3.98. The van der Waals surface area contributed by atoms with Crippen molar-refractivity contribution in [3.63, 3.8) is 0 Å². The number of pyridine rings is 1. The molecule has 7 nitrogen and oxygen atoms in total. The molecule has 1 fully saturated rings. The Bertz CT molecular complexity index is 1540. The minimum atomic E-state index is -0.983. The first-order chi connectivity index (χ1) is 16.0. The van der Waals surface area contributed by atoms with Gasteiger partial charge in [-0.15, -0.1) is 0 Å². The number of carboxylic acids is 1. The predicted octanol–water partition coefficient (Wildman–Crippen LogP) is 5.46. The number of anilines is 2. The highest BCUT2D eigenvalue weighted by molar-refractivity contribution is 6.05. The summed E-state index contributed by atoms with van der Waals surface area (Å²) in [5.74, 6) is -0.287. The maximum atomic E-state index is 11.6. The molecule has 0 bridgehead atoms. The van der Waals surface area contributed by atoms with Gasteiger partial charge in [0.25, 0.3) is 0 Å². The van der Waals surface area contributed by atoms with Gasteiger partial charge in [0, 0.05) is 31.4 Å². The van der Waals surface area contributed by atoms with Gasteiger partial charge in [0.15, 0.2) is 0 Å². The van der Waals surface area contributed by atoms with Crippen LogP contribution in [-0.4, -0.2) is 37.9 Å². The van der Waals surface area contributed by atoms with Gasteiger partial charge in [-0.3, -0.25) is 9.67 Å². The van der Waals surface area contributed by atoms with E-state index in [2.05, 4.69) is 52.2 Å². The molecule has 6 rings (SSSR count). The molecule has 164 valence electrons. The maximum Gasteiger partial charge on any atom is 0.337 e. The van der Waals surface area contributed by atoms with E-state index in [1.807, 2.05) is 29.9 Å². The number of carboxylic acid groups (broad SMARTS) is 1. The van der Waals surface area contributed by atoms with Crippen molar-refractivity contribution in [2.75, 3.05) is 11.9 Å². The Kier molecular flexibility index (Phi) is 4.26. The van der Waals surface area contributed by atoms with Crippen LogP contribution >= 0.6 is 0 Å². The lowest BCUT2D eigenvalue weighted by atomic mass is 10.1. The van der Waals surface area contributed by atoms with Crippen LogP contribution in [0.15, 0.2) is 60.8 Å². The summed E-state index contributed by atoms with van der Waals surface area (Å²) >= 11 is 0. The van der Waals surface area contributed by atoms with E-state index in [-0.39, 0.29) is 5.56 Å². The second-order valence-electron chi connectivity index (χ2n) is 8.68. The Hall–Kier alpha value is -4.13. The Morgan fingerprint density at radius 3 is 2.76 bits per heavy atom. The summed E-state index contributed by atoms with van der Waals surface area (Å²) < 4.78 is 1.84. The molecule has 33 heavy (non-hydrogen) atoms.